The van der Waals surface area contributed by atoms with Gasteiger partial charge >= 0.3 is 0 Å². The van der Waals surface area contributed by atoms with Crippen molar-refractivity contribution in [1.82, 2.24) is 10.2 Å². The van der Waals surface area contributed by atoms with Crippen molar-refractivity contribution in [2.45, 2.75) is 58.5 Å². The molecular formula is C12H26N2O. The second-order valence-corrected chi connectivity index (χ2v) is 4.40. The average Bonchev–Trinajstić information content (AvgIpc) is 2.17. The molecule has 0 rings (SSSR count). The molecule has 1 atom stereocenters. The molecule has 90 valence electrons. The lowest BCUT2D eigenvalue weighted by molar-refractivity contribution is -0.130. The largest absolute Gasteiger partial charge is 0.347 e. The molecule has 0 aliphatic carbocycles. The molecule has 0 aliphatic heterocycles. The monoisotopic (exact) mass is 214 g/mol. The maximum Gasteiger partial charge on any atom is 0.238 e. The standard InChI is InChI=1S/C12H26N2O/c1-6-8-11(9-7-2)13-10(3)12(15)14(4)5/h10-11,13H,6-9H2,1-5H3. The van der Waals surface area contributed by atoms with Gasteiger partial charge in [-0.3, -0.25) is 4.79 Å². The highest BCUT2D eigenvalue weighted by Crippen LogP contribution is 2.06. The molecule has 15 heavy (non-hydrogen) atoms. The topological polar surface area (TPSA) is 32.3 Å². The van der Waals surface area contributed by atoms with Gasteiger partial charge in [0.1, 0.15) is 0 Å². The Balaban J connectivity index is 4.08. The molecule has 1 unspecified atom stereocenters. The molecule has 0 aromatic carbocycles. The summed E-state index contributed by atoms with van der Waals surface area (Å²) in [6, 6.07) is 0.419. The predicted molar refractivity (Wildman–Crippen MR) is 64.9 cm³/mol. The van der Waals surface area contributed by atoms with E-state index in [1.165, 1.54) is 12.8 Å². The first-order valence-corrected chi connectivity index (χ1v) is 6.00. The summed E-state index contributed by atoms with van der Waals surface area (Å²) < 4.78 is 0. The average molecular weight is 214 g/mol. The van der Waals surface area contributed by atoms with E-state index in [2.05, 4.69) is 19.2 Å². The van der Waals surface area contributed by atoms with Gasteiger partial charge in [0.05, 0.1) is 6.04 Å². The maximum atomic E-state index is 11.7. The van der Waals surface area contributed by atoms with Crippen molar-refractivity contribution in [3.8, 4) is 0 Å². The van der Waals surface area contributed by atoms with Crippen LogP contribution in [-0.4, -0.2) is 37.0 Å². The van der Waals surface area contributed by atoms with Crippen LogP contribution in [0.3, 0.4) is 0 Å². The van der Waals surface area contributed by atoms with Crippen LogP contribution in [0.1, 0.15) is 46.5 Å². The van der Waals surface area contributed by atoms with E-state index in [1.807, 2.05) is 6.92 Å². The first-order valence-electron chi connectivity index (χ1n) is 6.00. The van der Waals surface area contributed by atoms with Gasteiger partial charge < -0.3 is 10.2 Å². The van der Waals surface area contributed by atoms with E-state index in [1.54, 1.807) is 19.0 Å². The van der Waals surface area contributed by atoms with E-state index >= 15 is 0 Å². The Morgan fingerprint density at radius 3 is 2.00 bits per heavy atom. The minimum atomic E-state index is -0.0666. The van der Waals surface area contributed by atoms with E-state index < -0.39 is 0 Å². The van der Waals surface area contributed by atoms with Crippen LogP contribution in [0.25, 0.3) is 0 Å². The molecule has 3 heteroatoms. The lowest BCUT2D eigenvalue weighted by atomic mass is 10.1. The summed E-state index contributed by atoms with van der Waals surface area (Å²) in [4.78, 5) is 13.3. The third-order valence-corrected chi connectivity index (χ3v) is 2.57. The van der Waals surface area contributed by atoms with Crippen molar-refractivity contribution in [1.29, 1.82) is 0 Å². The van der Waals surface area contributed by atoms with Crippen molar-refractivity contribution in [2.24, 2.45) is 0 Å². The number of nitrogens with zero attached hydrogens (tertiary/aromatic N) is 1. The highest BCUT2D eigenvalue weighted by molar-refractivity contribution is 5.80. The SMILES string of the molecule is CCCC(CCC)NC(C)C(=O)N(C)C. The fourth-order valence-corrected chi connectivity index (χ4v) is 1.82. The van der Waals surface area contributed by atoms with Crippen LogP contribution in [0.2, 0.25) is 0 Å². The number of hydrogen-bond donors (Lipinski definition) is 1. The van der Waals surface area contributed by atoms with Crippen molar-refractivity contribution in [3.05, 3.63) is 0 Å². The summed E-state index contributed by atoms with van der Waals surface area (Å²) in [6.07, 6.45) is 4.64. The summed E-state index contributed by atoms with van der Waals surface area (Å²) in [6.45, 7) is 6.31. The third kappa shape index (κ3) is 5.78. The van der Waals surface area contributed by atoms with Gasteiger partial charge in [-0.1, -0.05) is 26.7 Å². The second kappa shape index (κ2) is 7.69. The highest BCUT2D eigenvalue weighted by Gasteiger charge is 2.17. The van der Waals surface area contributed by atoms with E-state index in [4.69, 9.17) is 0 Å². The molecule has 0 saturated heterocycles. The summed E-state index contributed by atoms with van der Waals surface area (Å²) in [5, 5.41) is 3.41. The molecule has 0 aliphatic rings. The van der Waals surface area contributed by atoms with Crippen molar-refractivity contribution >= 4 is 5.91 Å². The van der Waals surface area contributed by atoms with E-state index in [0.29, 0.717) is 6.04 Å². The summed E-state index contributed by atoms with van der Waals surface area (Å²) in [7, 11) is 3.60. The first-order chi connectivity index (χ1) is 7.02. The van der Waals surface area contributed by atoms with Gasteiger partial charge in [-0.25, -0.2) is 0 Å². The van der Waals surface area contributed by atoms with Crippen LogP contribution in [0.4, 0.5) is 0 Å². The molecular weight excluding hydrogens is 188 g/mol. The van der Waals surface area contributed by atoms with Gasteiger partial charge in [0, 0.05) is 20.1 Å². The Kier molecular flexibility index (Phi) is 7.39. The Hall–Kier alpha value is -0.570. The summed E-state index contributed by atoms with van der Waals surface area (Å²) >= 11 is 0. The van der Waals surface area contributed by atoms with Crippen LogP contribution in [0.15, 0.2) is 0 Å². The molecule has 0 saturated carbocycles. The molecule has 0 spiro atoms. The summed E-state index contributed by atoms with van der Waals surface area (Å²) in [5.74, 6) is 0.159. The third-order valence-electron chi connectivity index (χ3n) is 2.57. The minimum absolute atomic E-state index is 0.0666. The van der Waals surface area contributed by atoms with E-state index in [0.717, 1.165) is 12.8 Å². The van der Waals surface area contributed by atoms with Gasteiger partial charge in [-0.2, -0.15) is 0 Å². The lowest BCUT2D eigenvalue weighted by Gasteiger charge is -2.24. The van der Waals surface area contributed by atoms with Crippen LogP contribution < -0.4 is 5.32 Å². The number of nitrogens with one attached hydrogen (secondary N) is 1. The van der Waals surface area contributed by atoms with Gasteiger partial charge in [-0.15, -0.1) is 0 Å². The van der Waals surface area contributed by atoms with Crippen LogP contribution >= 0.6 is 0 Å². The molecule has 0 bridgehead atoms. The number of carbonyl (C=O) groups is 1. The lowest BCUT2D eigenvalue weighted by Crippen LogP contribution is -2.46. The van der Waals surface area contributed by atoms with E-state index in [-0.39, 0.29) is 11.9 Å². The van der Waals surface area contributed by atoms with Crippen molar-refractivity contribution in [2.75, 3.05) is 14.1 Å². The second-order valence-electron chi connectivity index (χ2n) is 4.40. The first kappa shape index (κ1) is 14.4. The maximum absolute atomic E-state index is 11.7. The van der Waals surface area contributed by atoms with Crippen LogP contribution in [0, 0.1) is 0 Å². The quantitative estimate of drug-likeness (QED) is 0.703. The van der Waals surface area contributed by atoms with Gasteiger partial charge in [0.25, 0.3) is 0 Å². The smallest absolute Gasteiger partial charge is 0.238 e. The fraction of sp³-hybridized carbons (Fsp3) is 0.917. The Morgan fingerprint density at radius 1 is 1.20 bits per heavy atom. The van der Waals surface area contributed by atoms with Crippen molar-refractivity contribution < 1.29 is 4.79 Å². The van der Waals surface area contributed by atoms with Crippen LogP contribution in [-0.2, 0) is 4.79 Å². The van der Waals surface area contributed by atoms with E-state index in [9.17, 15) is 4.79 Å². The highest BCUT2D eigenvalue weighted by atomic mass is 16.2. The molecule has 0 heterocycles. The molecule has 0 aromatic rings. The number of hydrogen-bond acceptors (Lipinski definition) is 2. The predicted octanol–water partition coefficient (Wildman–Crippen LogP) is 2.02. The minimum Gasteiger partial charge on any atom is -0.347 e. The molecule has 0 fully saturated rings. The molecule has 0 radical (unpaired) electrons. The number of amides is 1. The normalized spacial score (nSPS) is 12.9. The van der Waals surface area contributed by atoms with Gasteiger partial charge in [0.2, 0.25) is 5.91 Å². The zero-order valence-corrected chi connectivity index (χ0v) is 10.8. The van der Waals surface area contributed by atoms with Crippen molar-refractivity contribution in [3.63, 3.8) is 0 Å². The Morgan fingerprint density at radius 2 is 1.67 bits per heavy atom. The van der Waals surface area contributed by atoms with Gasteiger partial charge in [-0.05, 0) is 19.8 Å². The number of rotatable bonds is 7. The molecule has 1 N–H and O–H groups in total. The Labute approximate surface area is 94.2 Å². The molecule has 3 nitrogen and oxygen atoms in total. The summed E-state index contributed by atoms with van der Waals surface area (Å²) in [5.41, 5.74) is 0. The number of likely N-dealkylation sites (N-methyl/N-ethyl adjacent to an activating group) is 1. The zero-order chi connectivity index (χ0) is 11.8. The molecule has 1 amide bonds. The number of carbonyl (C=O) groups excluding carboxylic acids is 1. The van der Waals surface area contributed by atoms with Gasteiger partial charge in [0.15, 0.2) is 0 Å². The fourth-order valence-electron chi connectivity index (χ4n) is 1.82. The Bertz CT molecular complexity index is 174. The molecule has 0 aromatic heterocycles. The van der Waals surface area contributed by atoms with Crippen LogP contribution in [0.5, 0.6) is 0 Å². The zero-order valence-electron chi connectivity index (χ0n) is 10.8.